The van der Waals surface area contributed by atoms with Crippen LogP contribution < -0.4 is 11.1 Å². The molecule has 0 saturated carbocycles. The molecule has 7 nitrogen and oxygen atoms in total. The maximum absolute atomic E-state index is 11.2. The highest BCUT2D eigenvalue weighted by molar-refractivity contribution is 5.86. The average Bonchev–Trinajstić information content (AvgIpc) is 2.22. The lowest BCUT2D eigenvalue weighted by atomic mass is 10.1. The summed E-state index contributed by atoms with van der Waals surface area (Å²) in [5.74, 6) is -2.31. The lowest BCUT2D eigenvalue weighted by molar-refractivity contribution is -0.144. The van der Waals surface area contributed by atoms with Gasteiger partial charge in [-0.2, -0.15) is 0 Å². The lowest BCUT2D eigenvalue weighted by Crippen LogP contribution is -2.47. The van der Waals surface area contributed by atoms with Crippen molar-refractivity contribution in [2.75, 3.05) is 7.11 Å². The van der Waals surface area contributed by atoms with Crippen molar-refractivity contribution in [1.29, 1.82) is 0 Å². The summed E-state index contributed by atoms with van der Waals surface area (Å²) in [7, 11) is 1.21. The van der Waals surface area contributed by atoms with Crippen LogP contribution in [0.1, 0.15) is 19.8 Å². The van der Waals surface area contributed by atoms with Crippen molar-refractivity contribution in [3.8, 4) is 0 Å². The third-order valence-electron chi connectivity index (χ3n) is 1.89. The number of hydrogen-bond donors (Lipinski definition) is 3. The van der Waals surface area contributed by atoms with Gasteiger partial charge < -0.3 is 20.9 Å². The molecule has 1 unspecified atom stereocenters. The van der Waals surface area contributed by atoms with Crippen molar-refractivity contribution in [2.45, 2.75) is 31.8 Å². The SMILES string of the molecule is COC(=O)CC[C@@H](NC(=O)C(C)N)C(=O)O. The summed E-state index contributed by atoms with van der Waals surface area (Å²) in [6, 6.07) is -1.92. The first kappa shape index (κ1) is 14.4. The number of carboxylic acid groups (broad SMARTS) is 1. The fourth-order valence-electron chi connectivity index (χ4n) is 0.925. The lowest BCUT2D eigenvalue weighted by Gasteiger charge is -2.15. The maximum atomic E-state index is 11.2. The van der Waals surface area contributed by atoms with E-state index in [0.29, 0.717) is 0 Å². The minimum Gasteiger partial charge on any atom is -0.480 e. The molecule has 0 aliphatic heterocycles. The van der Waals surface area contributed by atoms with Gasteiger partial charge in [-0.05, 0) is 13.3 Å². The molecule has 92 valence electrons. The molecule has 1 amide bonds. The van der Waals surface area contributed by atoms with E-state index < -0.39 is 29.9 Å². The number of nitrogens with two attached hydrogens (primary N) is 1. The van der Waals surface area contributed by atoms with E-state index in [0.717, 1.165) is 0 Å². The molecule has 0 spiro atoms. The number of hydrogen-bond acceptors (Lipinski definition) is 5. The molecule has 0 radical (unpaired) electrons. The van der Waals surface area contributed by atoms with Crippen LogP contribution >= 0.6 is 0 Å². The number of nitrogens with one attached hydrogen (secondary N) is 1. The Morgan fingerprint density at radius 2 is 2.00 bits per heavy atom. The number of carbonyl (C=O) groups is 3. The molecule has 0 aromatic heterocycles. The number of esters is 1. The minimum atomic E-state index is -1.21. The van der Waals surface area contributed by atoms with E-state index in [1.165, 1.54) is 14.0 Å². The second-order valence-corrected chi connectivity index (χ2v) is 3.30. The van der Waals surface area contributed by atoms with Gasteiger partial charge in [-0.1, -0.05) is 0 Å². The Morgan fingerprint density at radius 3 is 2.38 bits per heavy atom. The van der Waals surface area contributed by atoms with Gasteiger partial charge in [-0.25, -0.2) is 4.79 Å². The molecule has 0 aromatic carbocycles. The fourth-order valence-corrected chi connectivity index (χ4v) is 0.925. The molecular weight excluding hydrogens is 216 g/mol. The van der Waals surface area contributed by atoms with Gasteiger partial charge in [-0.3, -0.25) is 9.59 Å². The molecule has 0 saturated heterocycles. The highest BCUT2D eigenvalue weighted by Gasteiger charge is 2.22. The Balaban J connectivity index is 4.24. The van der Waals surface area contributed by atoms with E-state index in [1.54, 1.807) is 0 Å². The van der Waals surface area contributed by atoms with Crippen LogP contribution in [0.4, 0.5) is 0 Å². The molecule has 0 aliphatic rings. The molecule has 0 rings (SSSR count). The fraction of sp³-hybridized carbons (Fsp3) is 0.667. The van der Waals surface area contributed by atoms with Crippen LogP contribution in [0.2, 0.25) is 0 Å². The van der Waals surface area contributed by atoms with Crippen LogP contribution in [0.15, 0.2) is 0 Å². The minimum absolute atomic E-state index is 0.0273. The molecule has 0 bridgehead atoms. The topological polar surface area (TPSA) is 119 Å². The van der Waals surface area contributed by atoms with Crippen LogP contribution in [-0.4, -0.2) is 42.1 Å². The first-order valence-electron chi connectivity index (χ1n) is 4.74. The number of amides is 1. The van der Waals surface area contributed by atoms with Crippen molar-refractivity contribution in [3.05, 3.63) is 0 Å². The summed E-state index contributed by atoms with van der Waals surface area (Å²) in [5.41, 5.74) is 5.27. The van der Waals surface area contributed by atoms with E-state index >= 15 is 0 Å². The van der Waals surface area contributed by atoms with Crippen LogP contribution in [0.25, 0.3) is 0 Å². The van der Waals surface area contributed by atoms with Crippen LogP contribution in [-0.2, 0) is 19.1 Å². The second-order valence-electron chi connectivity index (χ2n) is 3.30. The number of carboxylic acids is 1. The number of rotatable bonds is 6. The van der Waals surface area contributed by atoms with Gasteiger partial charge in [0.2, 0.25) is 5.91 Å². The summed E-state index contributed by atoms with van der Waals surface area (Å²) in [5, 5.41) is 11.0. The van der Waals surface area contributed by atoms with Crippen molar-refractivity contribution in [2.24, 2.45) is 5.73 Å². The van der Waals surface area contributed by atoms with Gasteiger partial charge >= 0.3 is 11.9 Å². The number of carbonyl (C=O) groups excluding carboxylic acids is 2. The molecule has 0 aliphatic carbocycles. The van der Waals surface area contributed by atoms with Crippen LogP contribution in [0.5, 0.6) is 0 Å². The Morgan fingerprint density at radius 1 is 1.44 bits per heavy atom. The van der Waals surface area contributed by atoms with Gasteiger partial charge in [0.25, 0.3) is 0 Å². The predicted octanol–water partition coefficient (Wildman–Crippen LogP) is -1.14. The third-order valence-corrected chi connectivity index (χ3v) is 1.89. The summed E-state index contributed by atoms with van der Waals surface area (Å²) in [6.07, 6.45) is -0.104. The number of aliphatic carboxylic acids is 1. The van der Waals surface area contributed by atoms with Gasteiger partial charge in [0, 0.05) is 6.42 Å². The van der Waals surface area contributed by atoms with Crippen LogP contribution in [0.3, 0.4) is 0 Å². The second kappa shape index (κ2) is 6.78. The quantitative estimate of drug-likeness (QED) is 0.498. The predicted molar refractivity (Wildman–Crippen MR) is 54.5 cm³/mol. The first-order chi connectivity index (χ1) is 7.38. The Kier molecular flexibility index (Phi) is 6.09. The zero-order valence-electron chi connectivity index (χ0n) is 9.23. The molecule has 0 heterocycles. The summed E-state index contributed by atoms with van der Waals surface area (Å²) in [4.78, 5) is 32.7. The zero-order valence-corrected chi connectivity index (χ0v) is 9.23. The van der Waals surface area contributed by atoms with Crippen molar-refractivity contribution in [3.63, 3.8) is 0 Å². The normalized spacial score (nSPS) is 13.7. The molecule has 0 aromatic rings. The highest BCUT2D eigenvalue weighted by atomic mass is 16.5. The van der Waals surface area contributed by atoms with E-state index in [-0.39, 0.29) is 12.8 Å². The average molecular weight is 232 g/mol. The van der Waals surface area contributed by atoms with E-state index in [4.69, 9.17) is 10.8 Å². The smallest absolute Gasteiger partial charge is 0.326 e. The van der Waals surface area contributed by atoms with E-state index in [2.05, 4.69) is 10.1 Å². The number of ether oxygens (including phenoxy) is 1. The van der Waals surface area contributed by atoms with Crippen molar-refractivity contribution < 1.29 is 24.2 Å². The molecule has 0 fully saturated rings. The first-order valence-corrected chi connectivity index (χ1v) is 4.74. The maximum Gasteiger partial charge on any atom is 0.326 e. The largest absolute Gasteiger partial charge is 0.480 e. The Hall–Kier alpha value is -1.63. The standard InChI is InChI=1S/C9H16N2O5/c1-5(10)8(13)11-6(9(14)15)3-4-7(12)16-2/h5-6H,3-4,10H2,1-2H3,(H,11,13)(H,14,15)/t5?,6-/m1/s1. The van der Waals surface area contributed by atoms with Gasteiger partial charge in [0.15, 0.2) is 0 Å². The number of methoxy groups -OCH3 is 1. The van der Waals surface area contributed by atoms with Gasteiger partial charge in [0.05, 0.1) is 13.2 Å². The van der Waals surface area contributed by atoms with Crippen molar-refractivity contribution in [1.82, 2.24) is 5.32 Å². The summed E-state index contributed by atoms with van der Waals surface area (Å²) < 4.78 is 4.36. The van der Waals surface area contributed by atoms with E-state index in [1.807, 2.05) is 0 Å². The molecule has 2 atom stereocenters. The summed E-state index contributed by atoms with van der Waals surface area (Å²) in [6.45, 7) is 1.44. The van der Waals surface area contributed by atoms with Crippen molar-refractivity contribution >= 4 is 17.8 Å². The van der Waals surface area contributed by atoms with Gasteiger partial charge in [-0.15, -0.1) is 0 Å². The Labute approximate surface area is 92.9 Å². The molecule has 7 heteroatoms. The molecule has 16 heavy (non-hydrogen) atoms. The zero-order chi connectivity index (χ0) is 12.7. The van der Waals surface area contributed by atoms with Gasteiger partial charge in [0.1, 0.15) is 6.04 Å². The summed E-state index contributed by atoms with van der Waals surface area (Å²) >= 11 is 0. The molecule has 4 N–H and O–H groups in total. The van der Waals surface area contributed by atoms with E-state index in [9.17, 15) is 14.4 Å². The Bertz CT molecular complexity index is 277. The third kappa shape index (κ3) is 5.30. The van der Waals surface area contributed by atoms with Crippen LogP contribution in [0, 0.1) is 0 Å². The molecular formula is C9H16N2O5. The highest BCUT2D eigenvalue weighted by Crippen LogP contribution is 2.00. The monoisotopic (exact) mass is 232 g/mol.